The van der Waals surface area contributed by atoms with Gasteiger partial charge < -0.3 is 107 Å². The molecule has 0 spiro atoms. The molecule has 0 radical (unpaired) electrons. The number of nitrogens with one attached hydrogen (secondary N) is 9. The predicted molar refractivity (Wildman–Crippen MR) is 466 cm³/mol. The van der Waals surface area contributed by atoms with E-state index in [1.165, 1.54) is 0 Å². The van der Waals surface area contributed by atoms with Gasteiger partial charge in [-0.15, -0.1) is 0 Å². The summed E-state index contributed by atoms with van der Waals surface area (Å²) >= 11 is 0. The minimum absolute atomic E-state index is 0.00807. The number of anilines is 6. The number of nitrogens with two attached hydrogens (primary N) is 10. The van der Waals surface area contributed by atoms with Crippen molar-refractivity contribution in [3.8, 4) is 0 Å². The molecule has 0 aromatic carbocycles. The number of guanidine groups is 2. The van der Waals surface area contributed by atoms with E-state index in [2.05, 4.69) is 153 Å². The number of amidine groups is 1. The van der Waals surface area contributed by atoms with Crippen LogP contribution in [0.1, 0.15) is 175 Å². The number of unbranched alkanes of at least 4 members (excludes halogenated alkanes) is 1. The van der Waals surface area contributed by atoms with Gasteiger partial charge in [-0.1, -0.05) is 0 Å². The fourth-order valence-corrected chi connectivity index (χ4v) is 11.2. The lowest BCUT2D eigenvalue weighted by Gasteiger charge is -2.21. The summed E-state index contributed by atoms with van der Waals surface area (Å²) < 4.78 is 11.0. The Bertz CT molecular complexity index is 5630. The summed E-state index contributed by atoms with van der Waals surface area (Å²) in [6.45, 7) is 40.1. The first-order valence-corrected chi connectivity index (χ1v) is 38.3. The predicted octanol–water partition coefficient (Wildman–Crippen LogP) is 4.38. The maximum Gasteiger partial charge on any atom is 0.350 e. The zero-order chi connectivity index (χ0) is 86.9. The van der Waals surface area contributed by atoms with Crippen molar-refractivity contribution < 1.29 is 0 Å². The number of aromatic amines is 4. The minimum Gasteiger partial charge on any atom is -0.388 e. The molecule has 0 aliphatic rings. The van der Waals surface area contributed by atoms with Gasteiger partial charge in [0, 0.05) is 87.3 Å². The first-order chi connectivity index (χ1) is 54.6. The third-order valence-corrected chi connectivity index (χ3v) is 17.3. The third-order valence-electron chi connectivity index (χ3n) is 17.3. The molecule has 0 unspecified atom stereocenters. The van der Waals surface area contributed by atoms with E-state index in [4.69, 9.17) is 62.7 Å². The lowest BCUT2D eigenvalue weighted by atomic mass is 10.1. The smallest absolute Gasteiger partial charge is 0.350 e. The average molecular weight is 1620 g/mol. The van der Waals surface area contributed by atoms with Crippen LogP contribution in [0.5, 0.6) is 0 Å². The maximum atomic E-state index is 12.0. The molecule has 0 saturated heterocycles. The van der Waals surface area contributed by atoms with Gasteiger partial charge in [0.25, 0.3) is 11.1 Å². The molecule has 29 N–H and O–H groups in total. The largest absolute Gasteiger partial charge is 0.388 e. The van der Waals surface area contributed by atoms with Gasteiger partial charge >= 0.3 is 11.4 Å². The number of hydrogen-bond acceptors (Lipinski definition) is 28. The molecule has 117 heavy (non-hydrogen) atoms. The van der Waals surface area contributed by atoms with Crippen LogP contribution in [0.15, 0.2) is 79.0 Å². The van der Waals surface area contributed by atoms with Gasteiger partial charge in [-0.05, 0) is 201 Å². The van der Waals surface area contributed by atoms with E-state index in [-0.39, 0.29) is 86.8 Å². The number of nitrogens with zero attached hydrogens (tertiary/aromatic N) is 20. The molecular weight excluding hydrogens is 1500 g/mol. The van der Waals surface area contributed by atoms with Crippen molar-refractivity contribution in [1.29, 1.82) is 5.41 Å². The summed E-state index contributed by atoms with van der Waals surface area (Å²) in [5, 5.41) is 21.0. The zero-order valence-electron chi connectivity index (χ0n) is 70.6. The lowest BCUT2D eigenvalue weighted by Crippen LogP contribution is -2.34. The van der Waals surface area contributed by atoms with Gasteiger partial charge in [0.2, 0.25) is 23.8 Å². The van der Waals surface area contributed by atoms with Crippen molar-refractivity contribution in [1.82, 2.24) is 107 Å². The number of imidazole rings is 4. The second-order valence-electron chi connectivity index (χ2n) is 33.4. The van der Waals surface area contributed by atoms with Crippen LogP contribution in [-0.2, 0) is 46.1 Å². The molecule has 0 amide bonds. The molecule has 0 atom stereocenters. The van der Waals surface area contributed by atoms with Crippen molar-refractivity contribution in [2.45, 2.75) is 209 Å². The number of fused-ring (bicyclic) bond motifs is 6. The van der Waals surface area contributed by atoms with E-state index in [9.17, 15) is 19.2 Å². The molecule has 12 heterocycles. The van der Waals surface area contributed by atoms with Gasteiger partial charge in [-0.2, -0.15) is 39.9 Å². The van der Waals surface area contributed by atoms with Gasteiger partial charge in [-0.3, -0.25) is 34.1 Å². The Morgan fingerprint density at radius 3 is 1.12 bits per heavy atom. The fraction of sp³-hybridized carbons (Fsp3) is 0.527. The van der Waals surface area contributed by atoms with Crippen molar-refractivity contribution in [2.75, 3.05) is 78.8 Å². The number of rotatable bonds is 22. The highest BCUT2D eigenvalue weighted by molar-refractivity contribution is 5.85. The summed E-state index contributed by atoms with van der Waals surface area (Å²) in [6, 6.07) is 4.08. The van der Waals surface area contributed by atoms with Gasteiger partial charge in [-0.25, -0.2) is 39.5 Å². The Kier molecular flexibility index (Phi) is 30.2. The number of hydrogen-bond donors (Lipinski definition) is 19. The Hall–Kier alpha value is -12.7. The van der Waals surface area contributed by atoms with E-state index < -0.39 is 0 Å². The lowest BCUT2D eigenvalue weighted by molar-refractivity contribution is 0.379. The van der Waals surface area contributed by atoms with Crippen molar-refractivity contribution >= 4 is 120 Å². The summed E-state index contributed by atoms with van der Waals surface area (Å²) in [5.74, 6) is 2.50. The Morgan fingerprint density at radius 2 is 0.752 bits per heavy atom. The van der Waals surface area contributed by atoms with Crippen molar-refractivity contribution in [3.05, 3.63) is 103 Å². The van der Waals surface area contributed by atoms with Crippen LogP contribution < -0.4 is 101 Å². The van der Waals surface area contributed by atoms with Crippen LogP contribution in [0.2, 0.25) is 0 Å². The quantitative estimate of drug-likeness (QED) is 0.0254. The number of aryl methyl sites for hydroxylation is 2. The van der Waals surface area contributed by atoms with E-state index >= 15 is 0 Å². The molecule has 0 fully saturated rings. The normalized spacial score (nSPS) is 11.9. The van der Waals surface area contributed by atoms with Gasteiger partial charge in [0.15, 0.2) is 57.2 Å². The molecule has 12 rings (SSSR count). The van der Waals surface area contributed by atoms with Crippen LogP contribution in [0.4, 0.5) is 35.4 Å². The van der Waals surface area contributed by atoms with Crippen LogP contribution in [-0.4, -0.2) is 171 Å². The Balaban J connectivity index is 0.000000194. The van der Waals surface area contributed by atoms with Crippen LogP contribution in [0, 0.1) is 5.41 Å². The van der Waals surface area contributed by atoms with E-state index in [0.717, 1.165) is 79.3 Å². The third kappa shape index (κ3) is 25.4. The second-order valence-corrected chi connectivity index (χ2v) is 33.4. The van der Waals surface area contributed by atoms with E-state index in [0.29, 0.717) is 118 Å². The second kappa shape index (κ2) is 38.6. The molecule has 43 heteroatoms. The monoisotopic (exact) mass is 1620 g/mol. The van der Waals surface area contributed by atoms with Crippen molar-refractivity contribution in [2.24, 2.45) is 55.9 Å². The zero-order valence-corrected chi connectivity index (χ0v) is 70.6. The molecule has 12 aromatic heterocycles. The number of aromatic nitrogens is 22. The summed E-state index contributed by atoms with van der Waals surface area (Å²) in [5.41, 5.74) is 60.1. The van der Waals surface area contributed by atoms with Gasteiger partial charge in [0.05, 0.1) is 31.1 Å². The SMILES string of the molecule is CC(C)(C)n1cc2cc(CCCCC(=N)N)[nH]c2nc1=O.CC(C)(C)n1cc2cc(CCCN)[nH]c2nc1=O.CC(C)(C)n1cnc2c(=O)[nH]c(NCCCN)nc21.CC(C)(C)n1cnc2c(=O)[nH]c(NCN=C(N)N)nc21.CC(C)(C)n1cnc2c(N)nc(NCCCN)nc21.CC(C)(C)n1cnc2c(N)nc(NCN=C(N)N)nc21. The van der Waals surface area contributed by atoms with Crippen molar-refractivity contribution in [3.63, 3.8) is 0 Å². The van der Waals surface area contributed by atoms with Crippen LogP contribution in [0.3, 0.4) is 0 Å². The van der Waals surface area contributed by atoms with Crippen LogP contribution >= 0.6 is 0 Å². The summed E-state index contributed by atoms with van der Waals surface area (Å²) in [4.78, 5) is 118. The highest BCUT2D eigenvalue weighted by Crippen LogP contribution is 2.28. The summed E-state index contributed by atoms with van der Waals surface area (Å²) in [7, 11) is 0. The number of nitrogen functional groups attached to an aromatic ring is 2. The molecule has 43 nitrogen and oxygen atoms in total. The topological polar surface area (TPSA) is 673 Å². The van der Waals surface area contributed by atoms with Gasteiger partial charge in [0.1, 0.15) is 35.7 Å². The maximum absolute atomic E-state index is 12.0. The number of H-pyrrole nitrogens is 4. The highest BCUT2D eigenvalue weighted by Gasteiger charge is 2.25. The first kappa shape index (κ1) is 91.5. The fourth-order valence-electron chi connectivity index (χ4n) is 11.2. The summed E-state index contributed by atoms with van der Waals surface area (Å²) in [6.07, 6.45) is 17.3. The molecule has 0 aliphatic carbocycles. The Morgan fingerprint density at radius 1 is 0.410 bits per heavy atom. The molecule has 0 bridgehead atoms. The molecular formula is C74H121N39O4. The Labute approximate surface area is 676 Å². The standard InChI is InChI=1S/C15H23N5O.C13H20N4O.C12H21N7.C12H20N6O.C11H19N9.C11H18N8O/c1-15(2,3)20-9-10-8-11(6-4-5-7-12(16)17)18-13(10)19-14(20)21;1-13(2,3)17-8-9-7-10(5-4-6-14)15-11(9)16-12(17)18;1-12(2,3)19-7-16-8-9(14)17-11(18-10(8)19)15-6-4-5-13;1-12(2,3)18-7-15-8-9(18)16-11(17-10(8)19)14-6-4-5-13;1-11(2,3)20-5-17-6-7(12)18-10(19-8(6)20)16-4-15-9(13)14;1-11(2,3)19-5-16-6-7(19)17-10(18-8(6)20)15-4-14-9(12)13/h8-9H,4-7H2,1-3H3,(H3,16,17)(H,18,19,21);7-8H,4-6,14H2,1-3H3,(H,15,16,18);7H,4-6,13H2,1-3H3,(H3,14,15,17,18);7H,4-6,13H2,1-3H3,(H2,14,16,17,19);5H,4H2,1-3H3,(H4,13,14,15)(H3,12,16,18,19);5H,4H2,1-3H3,(H4,12,13,14)(H2,15,17,18,20). The highest BCUT2D eigenvalue weighted by atomic mass is 16.2. The molecule has 0 aliphatic heterocycles. The average Bonchev–Trinajstić information content (AvgIpc) is 1.67. The first-order valence-electron chi connectivity index (χ1n) is 38.3. The van der Waals surface area contributed by atoms with E-state index in [1.54, 1.807) is 34.4 Å². The van der Waals surface area contributed by atoms with Crippen LogP contribution in [0.25, 0.3) is 66.7 Å². The minimum atomic E-state index is -0.315. The molecule has 636 valence electrons. The molecule has 12 aromatic rings. The molecule has 0 saturated carbocycles. The number of aliphatic imine (C=N–C) groups is 2. The van der Waals surface area contributed by atoms with E-state index in [1.807, 2.05) is 126 Å².